The highest BCUT2D eigenvalue weighted by molar-refractivity contribution is 7.99. The molecule has 2 aromatic rings. The number of aromatic nitrogens is 3. The SMILES string of the molecule is CCCCCCCCCSc1nnc(C)n1N=Cc1ccccc1O. The van der Waals surface area contributed by atoms with E-state index in [1.807, 2.05) is 19.1 Å². The molecule has 0 amide bonds. The molecule has 5 nitrogen and oxygen atoms in total. The number of phenols is 1. The number of benzene rings is 1. The van der Waals surface area contributed by atoms with Crippen LogP contribution in [0.5, 0.6) is 5.75 Å². The molecule has 0 fully saturated rings. The van der Waals surface area contributed by atoms with Crippen LogP contribution < -0.4 is 0 Å². The summed E-state index contributed by atoms with van der Waals surface area (Å²) in [4.78, 5) is 0. The Kier molecular flexibility index (Phi) is 8.52. The molecule has 0 bridgehead atoms. The van der Waals surface area contributed by atoms with Gasteiger partial charge in [0.15, 0.2) is 5.82 Å². The molecule has 2 rings (SSSR count). The molecule has 1 heterocycles. The van der Waals surface area contributed by atoms with Crippen molar-refractivity contribution in [2.24, 2.45) is 5.10 Å². The van der Waals surface area contributed by atoms with Gasteiger partial charge in [-0.05, 0) is 25.5 Å². The summed E-state index contributed by atoms with van der Waals surface area (Å²) in [6.07, 6.45) is 10.8. The summed E-state index contributed by atoms with van der Waals surface area (Å²) in [6.45, 7) is 4.13. The van der Waals surface area contributed by atoms with Crippen LogP contribution >= 0.6 is 11.8 Å². The Morgan fingerprint density at radius 3 is 2.56 bits per heavy atom. The van der Waals surface area contributed by atoms with Gasteiger partial charge in [-0.15, -0.1) is 10.2 Å². The Bertz CT molecular complexity index is 669. The van der Waals surface area contributed by atoms with Gasteiger partial charge in [-0.1, -0.05) is 69.3 Å². The summed E-state index contributed by atoms with van der Waals surface area (Å²) in [7, 11) is 0. The molecule has 0 aliphatic heterocycles. The monoisotopic (exact) mass is 360 g/mol. The van der Waals surface area contributed by atoms with Gasteiger partial charge in [0.25, 0.3) is 0 Å². The molecule has 1 aromatic heterocycles. The first-order valence-electron chi connectivity index (χ1n) is 9.09. The summed E-state index contributed by atoms with van der Waals surface area (Å²) in [6, 6.07) is 7.14. The predicted molar refractivity (Wildman–Crippen MR) is 105 cm³/mol. The molecule has 0 saturated heterocycles. The summed E-state index contributed by atoms with van der Waals surface area (Å²) >= 11 is 1.69. The smallest absolute Gasteiger partial charge is 0.212 e. The van der Waals surface area contributed by atoms with E-state index in [9.17, 15) is 5.11 Å². The van der Waals surface area contributed by atoms with Crippen LogP contribution in [0.25, 0.3) is 0 Å². The molecule has 0 unspecified atom stereocenters. The molecule has 0 radical (unpaired) electrons. The predicted octanol–water partition coefficient (Wildman–Crippen LogP) is 5.02. The van der Waals surface area contributed by atoms with E-state index >= 15 is 0 Å². The van der Waals surface area contributed by atoms with Crippen LogP contribution in [0, 0.1) is 6.92 Å². The number of rotatable bonds is 11. The van der Waals surface area contributed by atoms with Crippen molar-refractivity contribution in [3.05, 3.63) is 35.7 Å². The second-order valence-corrected chi connectivity index (χ2v) is 7.18. The van der Waals surface area contributed by atoms with Crippen LogP contribution in [-0.2, 0) is 0 Å². The summed E-state index contributed by atoms with van der Waals surface area (Å²) in [5, 5.41) is 23.4. The van der Waals surface area contributed by atoms with Gasteiger partial charge in [0, 0.05) is 11.3 Å². The zero-order valence-electron chi connectivity index (χ0n) is 15.2. The minimum absolute atomic E-state index is 0.217. The molecule has 25 heavy (non-hydrogen) atoms. The van der Waals surface area contributed by atoms with E-state index in [2.05, 4.69) is 22.2 Å². The third kappa shape index (κ3) is 6.53. The lowest BCUT2D eigenvalue weighted by Crippen LogP contribution is -1.97. The highest BCUT2D eigenvalue weighted by Gasteiger charge is 2.08. The van der Waals surface area contributed by atoms with Gasteiger partial charge >= 0.3 is 0 Å². The van der Waals surface area contributed by atoms with Crippen LogP contribution in [0.4, 0.5) is 0 Å². The first kappa shape index (κ1) is 19.5. The van der Waals surface area contributed by atoms with Crippen LogP contribution in [0.2, 0.25) is 0 Å². The van der Waals surface area contributed by atoms with E-state index in [1.165, 1.54) is 44.9 Å². The molecular formula is C19H28N4OS. The summed E-state index contributed by atoms with van der Waals surface area (Å²) in [5.41, 5.74) is 0.679. The van der Waals surface area contributed by atoms with Crippen molar-refractivity contribution in [1.82, 2.24) is 14.9 Å². The Hall–Kier alpha value is -1.82. The maximum Gasteiger partial charge on any atom is 0.212 e. The zero-order valence-corrected chi connectivity index (χ0v) is 16.0. The number of aromatic hydroxyl groups is 1. The molecule has 6 heteroatoms. The van der Waals surface area contributed by atoms with E-state index < -0.39 is 0 Å². The third-order valence-corrected chi connectivity index (χ3v) is 5.00. The quantitative estimate of drug-likeness (QED) is 0.347. The number of unbranched alkanes of at least 4 members (excludes halogenated alkanes) is 6. The molecule has 136 valence electrons. The van der Waals surface area contributed by atoms with Crippen LogP contribution in [0.15, 0.2) is 34.5 Å². The van der Waals surface area contributed by atoms with Crippen molar-refractivity contribution >= 4 is 18.0 Å². The van der Waals surface area contributed by atoms with E-state index in [0.29, 0.717) is 5.56 Å². The van der Waals surface area contributed by atoms with Gasteiger partial charge in [-0.2, -0.15) is 9.78 Å². The number of nitrogens with zero attached hydrogens (tertiary/aromatic N) is 4. The highest BCUT2D eigenvalue weighted by atomic mass is 32.2. The topological polar surface area (TPSA) is 63.3 Å². The van der Waals surface area contributed by atoms with Gasteiger partial charge in [-0.25, -0.2) is 0 Å². The molecule has 1 N–H and O–H groups in total. The molecule has 0 aliphatic rings. The lowest BCUT2D eigenvalue weighted by Gasteiger charge is -2.03. The van der Waals surface area contributed by atoms with Gasteiger partial charge < -0.3 is 5.11 Å². The minimum Gasteiger partial charge on any atom is -0.507 e. The molecule has 1 aromatic carbocycles. The number of thioether (sulfide) groups is 1. The summed E-state index contributed by atoms with van der Waals surface area (Å²) in [5.74, 6) is 1.99. The van der Waals surface area contributed by atoms with Crippen LogP contribution in [0.3, 0.4) is 0 Å². The fourth-order valence-corrected chi connectivity index (χ4v) is 3.43. The van der Waals surface area contributed by atoms with Crippen molar-refractivity contribution in [2.45, 2.75) is 63.9 Å². The van der Waals surface area contributed by atoms with Crippen LogP contribution in [0.1, 0.15) is 63.3 Å². The first-order chi connectivity index (χ1) is 12.2. The zero-order chi connectivity index (χ0) is 17.9. The first-order valence-corrected chi connectivity index (χ1v) is 10.1. The molecule has 0 saturated carbocycles. The standard InChI is InChI=1S/C19H28N4OS/c1-3-4-5-6-7-8-11-14-25-19-22-21-16(2)23(19)20-15-17-12-9-10-13-18(17)24/h9-10,12-13,15,24H,3-8,11,14H2,1-2H3. The van der Waals surface area contributed by atoms with Gasteiger partial charge in [0.1, 0.15) is 5.75 Å². The third-order valence-electron chi connectivity index (χ3n) is 4.00. The maximum atomic E-state index is 9.82. The number of para-hydroxylation sites is 1. The van der Waals surface area contributed by atoms with Gasteiger partial charge in [0.2, 0.25) is 5.16 Å². The lowest BCUT2D eigenvalue weighted by molar-refractivity contribution is 0.474. The molecule has 0 spiro atoms. The molecular weight excluding hydrogens is 332 g/mol. The Labute approximate surface area is 154 Å². The minimum atomic E-state index is 0.217. The second-order valence-electron chi connectivity index (χ2n) is 6.11. The van der Waals surface area contributed by atoms with Crippen molar-refractivity contribution in [3.63, 3.8) is 0 Å². The molecule has 0 aliphatic carbocycles. The normalized spacial score (nSPS) is 11.4. The van der Waals surface area contributed by atoms with Crippen molar-refractivity contribution in [2.75, 3.05) is 5.75 Å². The van der Waals surface area contributed by atoms with Crippen LogP contribution in [-0.4, -0.2) is 31.9 Å². The van der Waals surface area contributed by atoms with E-state index in [-0.39, 0.29) is 5.75 Å². The van der Waals surface area contributed by atoms with E-state index in [1.54, 1.807) is 34.8 Å². The number of phenolic OH excluding ortho intramolecular Hbond substituents is 1. The highest BCUT2D eigenvalue weighted by Crippen LogP contribution is 2.20. The Balaban J connectivity index is 1.82. The number of hydrogen-bond acceptors (Lipinski definition) is 5. The number of hydrogen-bond donors (Lipinski definition) is 1. The largest absolute Gasteiger partial charge is 0.507 e. The maximum absolute atomic E-state index is 9.82. The fourth-order valence-electron chi connectivity index (χ4n) is 2.50. The van der Waals surface area contributed by atoms with E-state index in [0.717, 1.165) is 16.7 Å². The fraction of sp³-hybridized carbons (Fsp3) is 0.526. The van der Waals surface area contributed by atoms with Gasteiger partial charge in [-0.3, -0.25) is 0 Å². The second kappa shape index (κ2) is 10.9. The van der Waals surface area contributed by atoms with Crippen molar-refractivity contribution < 1.29 is 5.11 Å². The Morgan fingerprint density at radius 1 is 1.08 bits per heavy atom. The average Bonchev–Trinajstić information content (AvgIpc) is 2.96. The van der Waals surface area contributed by atoms with E-state index in [4.69, 9.17) is 0 Å². The molecule has 0 atom stereocenters. The average molecular weight is 361 g/mol. The summed E-state index contributed by atoms with van der Waals surface area (Å²) < 4.78 is 1.73. The number of aryl methyl sites for hydroxylation is 1. The lowest BCUT2D eigenvalue weighted by atomic mass is 10.1. The van der Waals surface area contributed by atoms with Gasteiger partial charge in [0.05, 0.1) is 6.21 Å². The Morgan fingerprint density at radius 2 is 1.80 bits per heavy atom. The van der Waals surface area contributed by atoms with Crippen molar-refractivity contribution in [3.8, 4) is 5.75 Å². The van der Waals surface area contributed by atoms with Crippen molar-refractivity contribution in [1.29, 1.82) is 0 Å².